The second kappa shape index (κ2) is 5.13. The molecule has 0 aliphatic carbocycles. The molecule has 0 atom stereocenters. The minimum atomic E-state index is -1.44. The maximum Gasteiger partial charge on any atom is 0.194 e. The Bertz CT molecular complexity index is 747. The lowest BCUT2D eigenvalue weighted by Gasteiger charge is -2.07. The third kappa shape index (κ3) is 2.46. The van der Waals surface area contributed by atoms with E-state index in [2.05, 4.69) is 10.3 Å². The van der Waals surface area contributed by atoms with Crippen molar-refractivity contribution in [1.29, 1.82) is 0 Å². The largest absolute Gasteiger partial charge is 0.381 e. The Kier molecular flexibility index (Phi) is 3.31. The number of halogens is 3. The average molecular weight is 294 g/mol. The summed E-state index contributed by atoms with van der Waals surface area (Å²) in [6.07, 6.45) is 0. The molecule has 2 nitrogen and oxygen atoms in total. The van der Waals surface area contributed by atoms with Gasteiger partial charge >= 0.3 is 0 Å². The van der Waals surface area contributed by atoms with E-state index in [0.717, 1.165) is 28.0 Å². The van der Waals surface area contributed by atoms with Gasteiger partial charge in [0.2, 0.25) is 0 Å². The summed E-state index contributed by atoms with van der Waals surface area (Å²) in [4.78, 5) is 4.16. The van der Waals surface area contributed by atoms with E-state index < -0.39 is 17.5 Å². The number of fused-ring (bicyclic) bond motifs is 1. The van der Waals surface area contributed by atoms with Crippen molar-refractivity contribution in [2.24, 2.45) is 0 Å². The highest BCUT2D eigenvalue weighted by molar-refractivity contribution is 7.16. The number of rotatable bonds is 3. The molecule has 1 aromatic heterocycles. The minimum absolute atomic E-state index is 0.207. The van der Waals surface area contributed by atoms with Crippen molar-refractivity contribution >= 4 is 27.2 Å². The standard InChI is InChI=1S/C14H9F3N2S/c15-10-3-8(4-11(16)14(10)17)6-18-9-1-2-12-13(5-9)20-7-19-12/h1-5,7,18H,6H2. The Labute approximate surface area is 116 Å². The summed E-state index contributed by atoms with van der Waals surface area (Å²) in [6.45, 7) is 0.207. The molecule has 102 valence electrons. The molecule has 0 aliphatic rings. The summed E-state index contributed by atoms with van der Waals surface area (Å²) in [5.74, 6) is -3.81. The van der Waals surface area contributed by atoms with Crippen LogP contribution in [0.15, 0.2) is 35.8 Å². The zero-order valence-electron chi connectivity index (χ0n) is 10.2. The predicted octanol–water partition coefficient (Wildman–Crippen LogP) is 4.33. The van der Waals surface area contributed by atoms with Crippen molar-refractivity contribution in [3.05, 3.63) is 58.9 Å². The first-order valence-corrected chi connectivity index (χ1v) is 6.72. The average Bonchev–Trinajstić information content (AvgIpc) is 2.89. The number of nitrogens with one attached hydrogen (secondary N) is 1. The van der Waals surface area contributed by atoms with Gasteiger partial charge in [-0.1, -0.05) is 0 Å². The zero-order valence-corrected chi connectivity index (χ0v) is 11.0. The van der Waals surface area contributed by atoms with Gasteiger partial charge in [0, 0.05) is 12.2 Å². The third-order valence-electron chi connectivity index (χ3n) is 2.87. The summed E-state index contributed by atoms with van der Waals surface area (Å²) in [6, 6.07) is 7.56. The summed E-state index contributed by atoms with van der Waals surface area (Å²) < 4.78 is 40.0. The van der Waals surface area contributed by atoms with E-state index in [-0.39, 0.29) is 6.54 Å². The molecular weight excluding hydrogens is 285 g/mol. The molecule has 0 aliphatic heterocycles. The normalized spacial score (nSPS) is 10.9. The Morgan fingerprint density at radius 3 is 2.55 bits per heavy atom. The quantitative estimate of drug-likeness (QED) is 0.727. The van der Waals surface area contributed by atoms with Gasteiger partial charge in [0.05, 0.1) is 15.7 Å². The molecule has 0 amide bonds. The van der Waals surface area contributed by atoms with E-state index >= 15 is 0 Å². The Hall–Kier alpha value is -2.08. The fourth-order valence-electron chi connectivity index (χ4n) is 1.88. The van der Waals surface area contributed by atoms with Gasteiger partial charge in [-0.05, 0) is 35.9 Å². The second-order valence-corrected chi connectivity index (χ2v) is 5.15. The number of anilines is 1. The second-order valence-electron chi connectivity index (χ2n) is 4.26. The van der Waals surface area contributed by atoms with Gasteiger partial charge in [-0.2, -0.15) is 0 Å². The first kappa shape index (κ1) is 12.9. The lowest BCUT2D eigenvalue weighted by atomic mass is 10.2. The Balaban J connectivity index is 1.78. The number of benzene rings is 2. The number of thiazole rings is 1. The van der Waals surface area contributed by atoms with Crippen LogP contribution in [0.4, 0.5) is 18.9 Å². The molecule has 2 aromatic carbocycles. The number of aromatic nitrogens is 1. The molecule has 0 saturated carbocycles. The highest BCUT2D eigenvalue weighted by Crippen LogP contribution is 2.22. The molecular formula is C14H9F3N2S. The summed E-state index contributed by atoms with van der Waals surface area (Å²) >= 11 is 1.51. The van der Waals surface area contributed by atoms with Gasteiger partial charge in [-0.15, -0.1) is 11.3 Å². The van der Waals surface area contributed by atoms with E-state index in [1.54, 1.807) is 5.51 Å². The molecule has 0 saturated heterocycles. The molecule has 0 unspecified atom stereocenters. The van der Waals surface area contributed by atoms with Crippen LogP contribution in [0, 0.1) is 17.5 Å². The zero-order chi connectivity index (χ0) is 14.1. The lowest BCUT2D eigenvalue weighted by molar-refractivity contribution is 0.445. The first-order valence-electron chi connectivity index (χ1n) is 5.84. The van der Waals surface area contributed by atoms with Crippen molar-refractivity contribution in [2.45, 2.75) is 6.54 Å². The van der Waals surface area contributed by atoms with Gasteiger partial charge in [0.25, 0.3) is 0 Å². The molecule has 3 rings (SSSR count). The molecule has 1 N–H and O–H groups in total. The molecule has 0 radical (unpaired) electrons. The summed E-state index contributed by atoms with van der Waals surface area (Å²) in [5.41, 5.74) is 3.80. The summed E-state index contributed by atoms with van der Waals surface area (Å²) in [7, 11) is 0. The number of hydrogen-bond donors (Lipinski definition) is 1. The van der Waals surface area contributed by atoms with Gasteiger partial charge in [0.1, 0.15) is 0 Å². The van der Waals surface area contributed by atoms with Crippen molar-refractivity contribution in [3.8, 4) is 0 Å². The van der Waals surface area contributed by atoms with Crippen molar-refractivity contribution in [1.82, 2.24) is 4.98 Å². The number of nitrogens with zero attached hydrogens (tertiary/aromatic N) is 1. The van der Waals surface area contributed by atoms with Gasteiger partial charge in [0.15, 0.2) is 17.5 Å². The Morgan fingerprint density at radius 1 is 1.05 bits per heavy atom. The van der Waals surface area contributed by atoms with E-state index in [4.69, 9.17) is 0 Å². The van der Waals surface area contributed by atoms with E-state index in [0.29, 0.717) is 5.56 Å². The van der Waals surface area contributed by atoms with Gasteiger partial charge < -0.3 is 5.32 Å². The third-order valence-corrected chi connectivity index (χ3v) is 3.66. The topological polar surface area (TPSA) is 24.9 Å². The van der Waals surface area contributed by atoms with E-state index in [1.807, 2.05) is 18.2 Å². The van der Waals surface area contributed by atoms with Crippen LogP contribution >= 0.6 is 11.3 Å². The van der Waals surface area contributed by atoms with Crippen LogP contribution in [0.1, 0.15) is 5.56 Å². The molecule has 20 heavy (non-hydrogen) atoms. The van der Waals surface area contributed by atoms with Crippen LogP contribution in [-0.4, -0.2) is 4.98 Å². The molecule has 6 heteroatoms. The van der Waals surface area contributed by atoms with Crippen LogP contribution in [-0.2, 0) is 6.54 Å². The molecule has 1 heterocycles. The minimum Gasteiger partial charge on any atom is -0.381 e. The highest BCUT2D eigenvalue weighted by Gasteiger charge is 2.10. The van der Waals surface area contributed by atoms with E-state index in [9.17, 15) is 13.2 Å². The van der Waals surface area contributed by atoms with Crippen LogP contribution in [0.2, 0.25) is 0 Å². The van der Waals surface area contributed by atoms with Gasteiger partial charge in [-0.3, -0.25) is 0 Å². The number of hydrogen-bond acceptors (Lipinski definition) is 3. The van der Waals surface area contributed by atoms with E-state index in [1.165, 1.54) is 11.3 Å². The fourth-order valence-corrected chi connectivity index (χ4v) is 2.60. The fraction of sp³-hybridized carbons (Fsp3) is 0.0714. The smallest absolute Gasteiger partial charge is 0.194 e. The molecule has 3 aromatic rings. The van der Waals surface area contributed by atoms with Gasteiger partial charge in [-0.25, -0.2) is 18.2 Å². The maximum atomic E-state index is 13.1. The first-order chi connectivity index (χ1) is 9.63. The van der Waals surface area contributed by atoms with Crippen LogP contribution in [0.3, 0.4) is 0 Å². The summed E-state index contributed by atoms with van der Waals surface area (Å²) in [5, 5.41) is 3.04. The van der Waals surface area contributed by atoms with Crippen molar-refractivity contribution < 1.29 is 13.2 Å². The molecule has 0 spiro atoms. The highest BCUT2D eigenvalue weighted by atomic mass is 32.1. The van der Waals surface area contributed by atoms with Crippen LogP contribution in [0.5, 0.6) is 0 Å². The maximum absolute atomic E-state index is 13.1. The lowest BCUT2D eigenvalue weighted by Crippen LogP contribution is -2.02. The molecule has 0 fully saturated rings. The predicted molar refractivity (Wildman–Crippen MR) is 73.3 cm³/mol. The Morgan fingerprint density at radius 2 is 1.80 bits per heavy atom. The van der Waals surface area contributed by atoms with Crippen molar-refractivity contribution in [3.63, 3.8) is 0 Å². The monoisotopic (exact) mass is 294 g/mol. The van der Waals surface area contributed by atoms with Crippen LogP contribution in [0.25, 0.3) is 10.2 Å². The van der Waals surface area contributed by atoms with Crippen molar-refractivity contribution in [2.75, 3.05) is 5.32 Å². The molecule has 0 bridgehead atoms. The van der Waals surface area contributed by atoms with Crippen LogP contribution < -0.4 is 5.32 Å². The SMILES string of the molecule is Fc1cc(CNc2ccc3ncsc3c2)cc(F)c1F.